The molecule has 2 saturated heterocycles. The van der Waals surface area contributed by atoms with Crippen LogP contribution in [-0.4, -0.2) is 60.1 Å². The molecule has 6 nitrogen and oxygen atoms in total. The fraction of sp³-hybridized carbons (Fsp3) is 0.636. The van der Waals surface area contributed by atoms with Crippen molar-refractivity contribution in [1.82, 2.24) is 15.1 Å². The number of nitrogens with one attached hydrogen (secondary N) is 1. The van der Waals surface area contributed by atoms with Crippen molar-refractivity contribution in [3.63, 3.8) is 0 Å². The second-order valence-corrected chi connectivity index (χ2v) is 8.36. The summed E-state index contributed by atoms with van der Waals surface area (Å²) in [5.74, 6) is 1.37. The normalized spacial score (nSPS) is 19.5. The van der Waals surface area contributed by atoms with Crippen LogP contribution in [0.25, 0.3) is 0 Å². The van der Waals surface area contributed by atoms with Crippen LogP contribution in [0.5, 0.6) is 5.75 Å². The zero-order valence-electron chi connectivity index (χ0n) is 17.4. The first-order valence-corrected chi connectivity index (χ1v) is 10.5. The summed E-state index contributed by atoms with van der Waals surface area (Å²) < 4.78 is 5.75. The quantitative estimate of drug-likeness (QED) is 0.550. The van der Waals surface area contributed by atoms with Gasteiger partial charge >= 0.3 is 6.03 Å². The van der Waals surface area contributed by atoms with E-state index in [1.807, 2.05) is 12.1 Å². The van der Waals surface area contributed by atoms with Crippen LogP contribution in [-0.2, 0) is 11.2 Å². The molecule has 2 fully saturated rings. The number of likely N-dealkylation sites (tertiary alicyclic amines) is 1. The number of imide groups is 1. The molecule has 2 aliphatic heterocycles. The van der Waals surface area contributed by atoms with E-state index in [1.54, 1.807) is 0 Å². The van der Waals surface area contributed by atoms with Crippen LogP contribution in [0.3, 0.4) is 0 Å². The van der Waals surface area contributed by atoms with Crippen molar-refractivity contribution in [2.75, 3.05) is 32.8 Å². The van der Waals surface area contributed by atoms with Crippen molar-refractivity contribution in [3.8, 4) is 5.75 Å². The standard InChI is InChI=1S/C22H33N3O3/c1-4-18-6-8-19(9-7-18)28-15-5-12-25-20(26)22(23-21(25)27)10-13-24(14-11-22)16-17(2)3/h6-9,17H,4-5,10-16H2,1-3H3,(H,23,27). The van der Waals surface area contributed by atoms with Crippen LogP contribution >= 0.6 is 0 Å². The van der Waals surface area contributed by atoms with E-state index >= 15 is 0 Å². The maximum atomic E-state index is 12.9. The average Bonchev–Trinajstić information content (AvgIpc) is 2.91. The molecule has 0 saturated carbocycles. The first-order chi connectivity index (χ1) is 13.4. The number of urea groups is 1. The van der Waals surface area contributed by atoms with Crippen LogP contribution in [0.2, 0.25) is 0 Å². The summed E-state index contributed by atoms with van der Waals surface area (Å²) in [4.78, 5) is 29.1. The molecule has 1 N–H and O–H groups in total. The van der Waals surface area contributed by atoms with Gasteiger partial charge in [0, 0.05) is 26.2 Å². The van der Waals surface area contributed by atoms with Crippen molar-refractivity contribution in [2.45, 2.75) is 52.0 Å². The van der Waals surface area contributed by atoms with Gasteiger partial charge in [-0.25, -0.2) is 4.79 Å². The van der Waals surface area contributed by atoms with Crippen molar-refractivity contribution in [3.05, 3.63) is 29.8 Å². The third kappa shape index (κ3) is 4.66. The first kappa shape index (κ1) is 20.6. The summed E-state index contributed by atoms with van der Waals surface area (Å²) in [6.07, 6.45) is 3.02. The van der Waals surface area contributed by atoms with E-state index < -0.39 is 5.54 Å². The average molecular weight is 388 g/mol. The fourth-order valence-corrected chi connectivity index (χ4v) is 4.09. The van der Waals surface area contributed by atoms with E-state index in [0.717, 1.165) is 31.8 Å². The molecule has 0 atom stereocenters. The zero-order chi connectivity index (χ0) is 20.1. The minimum atomic E-state index is -0.693. The van der Waals surface area contributed by atoms with Gasteiger partial charge < -0.3 is 15.0 Å². The third-order valence-corrected chi connectivity index (χ3v) is 5.71. The van der Waals surface area contributed by atoms with E-state index in [2.05, 4.69) is 43.1 Å². The predicted octanol–water partition coefficient (Wildman–Crippen LogP) is 3.06. The first-order valence-electron chi connectivity index (χ1n) is 10.5. The van der Waals surface area contributed by atoms with E-state index in [9.17, 15) is 9.59 Å². The lowest BCUT2D eigenvalue weighted by molar-refractivity contribution is -0.133. The Morgan fingerprint density at radius 1 is 1.14 bits per heavy atom. The SMILES string of the molecule is CCc1ccc(OCCCN2C(=O)NC3(CCN(CC(C)C)CC3)C2=O)cc1. The highest BCUT2D eigenvalue weighted by atomic mass is 16.5. The van der Waals surface area contributed by atoms with Crippen molar-refractivity contribution >= 4 is 11.9 Å². The van der Waals surface area contributed by atoms with E-state index in [0.29, 0.717) is 38.3 Å². The van der Waals surface area contributed by atoms with Gasteiger partial charge in [0.15, 0.2) is 0 Å². The molecule has 154 valence electrons. The molecular weight excluding hydrogens is 354 g/mol. The number of nitrogens with zero attached hydrogens (tertiary/aromatic N) is 2. The molecule has 0 aromatic heterocycles. The van der Waals surface area contributed by atoms with Crippen LogP contribution in [0.1, 0.15) is 45.6 Å². The molecule has 0 unspecified atom stereocenters. The number of amides is 3. The molecule has 1 spiro atoms. The lowest BCUT2D eigenvalue weighted by Gasteiger charge is -2.37. The van der Waals surface area contributed by atoms with Crippen LogP contribution in [0.15, 0.2) is 24.3 Å². The summed E-state index contributed by atoms with van der Waals surface area (Å²) >= 11 is 0. The summed E-state index contributed by atoms with van der Waals surface area (Å²) in [6, 6.07) is 7.79. The molecule has 6 heteroatoms. The molecule has 1 aromatic carbocycles. The number of piperidine rings is 1. The highest BCUT2D eigenvalue weighted by molar-refractivity contribution is 6.07. The van der Waals surface area contributed by atoms with Gasteiger partial charge in [-0.2, -0.15) is 0 Å². The highest BCUT2D eigenvalue weighted by Gasteiger charge is 2.51. The summed E-state index contributed by atoms with van der Waals surface area (Å²) in [5.41, 5.74) is 0.581. The zero-order valence-corrected chi connectivity index (χ0v) is 17.4. The highest BCUT2D eigenvalue weighted by Crippen LogP contribution is 2.30. The number of carbonyl (C=O) groups excluding carboxylic acids is 2. The Morgan fingerprint density at radius 2 is 1.82 bits per heavy atom. The molecule has 3 rings (SSSR count). The molecular formula is C22H33N3O3. The third-order valence-electron chi connectivity index (χ3n) is 5.71. The van der Waals surface area contributed by atoms with E-state index in [-0.39, 0.29) is 11.9 Å². The molecule has 1 aromatic rings. The van der Waals surface area contributed by atoms with Crippen LogP contribution in [0, 0.1) is 5.92 Å². The molecule has 2 aliphatic rings. The fourth-order valence-electron chi connectivity index (χ4n) is 4.09. The molecule has 0 aliphatic carbocycles. The Morgan fingerprint density at radius 3 is 2.43 bits per heavy atom. The lowest BCUT2D eigenvalue weighted by Crippen LogP contribution is -2.55. The number of aryl methyl sites for hydroxylation is 1. The van der Waals surface area contributed by atoms with Crippen molar-refractivity contribution < 1.29 is 14.3 Å². The maximum Gasteiger partial charge on any atom is 0.325 e. The smallest absolute Gasteiger partial charge is 0.325 e. The number of benzene rings is 1. The van der Waals surface area contributed by atoms with Gasteiger partial charge in [-0.05, 0) is 49.3 Å². The van der Waals surface area contributed by atoms with Gasteiger partial charge in [-0.15, -0.1) is 0 Å². The van der Waals surface area contributed by atoms with Crippen LogP contribution < -0.4 is 10.1 Å². The molecule has 28 heavy (non-hydrogen) atoms. The molecule has 0 radical (unpaired) electrons. The van der Waals surface area contributed by atoms with E-state index in [1.165, 1.54) is 10.5 Å². The summed E-state index contributed by atoms with van der Waals surface area (Å²) in [7, 11) is 0. The number of hydrogen-bond donors (Lipinski definition) is 1. The van der Waals surface area contributed by atoms with Gasteiger partial charge in [0.1, 0.15) is 11.3 Å². The number of ether oxygens (including phenoxy) is 1. The van der Waals surface area contributed by atoms with Crippen molar-refractivity contribution in [2.24, 2.45) is 5.92 Å². The van der Waals surface area contributed by atoms with Gasteiger partial charge in [-0.1, -0.05) is 32.9 Å². The minimum absolute atomic E-state index is 0.0611. The number of carbonyl (C=O) groups is 2. The Bertz CT molecular complexity index is 679. The summed E-state index contributed by atoms with van der Waals surface area (Å²) in [6.45, 7) is 10.2. The summed E-state index contributed by atoms with van der Waals surface area (Å²) in [5, 5.41) is 2.98. The number of rotatable bonds is 8. The van der Waals surface area contributed by atoms with Crippen LogP contribution in [0.4, 0.5) is 4.79 Å². The minimum Gasteiger partial charge on any atom is -0.494 e. The molecule has 3 amide bonds. The Labute approximate surface area is 168 Å². The molecule has 2 heterocycles. The van der Waals surface area contributed by atoms with Gasteiger partial charge in [-0.3, -0.25) is 9.69 Å². The van der Waals surface area contributed by atoms with Gasteiger partial charge in [0.2, 0.25) is 0 Å². The Hall–Kier alpha value is -2.08. The topological polar surface area (TPSA) is 61.9 Å². The Balaban J connectivity index is 1.46. The second kappa shape index (κ2) is 8.95. The predicted molar refractivity (Wildman–Crippen MR) is 109 cm³/mol. The largest absolute Gasteiger partial charge is 0.494 e. The lowest BCUT2D eigenvalue weighted by atomic mass is 9.87. The molecule has 0 bridgehead atoms. The monoisotopic (exact) mass is 387 g/mol. The van der Waals surface area contributed by atoms with E-state index in [4.69, 9.17) is 4.74 Å². The Kier molecular flexibility index (Phi) is 6.60. The van der Waals surface area contributed by atoms with Gasteiger partial charge in [0.05, 0.1) is 6.61 Å². The van der Waals surface area contributed by atoms with Crippen molar-refractivity contribution in [1.29, 1.82) is 0 Å². The van der Waals surface area contributed by atoms with Gasteiger partial charge in [0.25, 0.3) is 5.91 Å². The number of hydrogen-bond acceptors (Lipinski definition) is 4. The second-order valence-electron chi connectivity index (χ2n) is 8.36. The maximum absolute atomic E-state index is 12.9.